The molecule has 0 aromatic heterocycles. The molecule has 29 heavy (non-hydrogen) atoms. The summed E-state index contributed by atoms with van der Waals surface area (Å²) in [6.07, 6.45) is 0.819. The maximum absolute atomic E-state index is 12.8. The van der Waals surface area contributed by atoms with Crippen LogP contribution in [-0.4, -0.2) is 40.0 Å². The summed E-state index contributed by atoms with van der Waals surface area (Å²) < 4.78 is 0. The summed E-state index contributed by atoms with van der Waals surface area (Å²) in [5, 5.41) is 24.4. The van der Waals surface area contributed by atoms with Crippen molar-refractivity contribution in [3.05, 3.63) is 29.8 Å². The quantitative estimate of drug-likeness (QED) is 0.551. The zero-order valence-electron chi connectivity index (χ0n) is 17.1. The first-order chi connectivity index (χ1) is 13.4. The summed E-state index contributed by atoms with van der Waals surface area (Å²) >= 11 is 0. The monoisotopic (exact) mass is 404 g/mol. The van der Waals surface area contributed by atoms with E-state index in [0.717, 1.165) is 0 Å². The van der Waals surface area contributed by atoms with E-state index in [-0.39, 0.29) is 12.3 Å². The molecule has 158 valence electrons. The Kier molecular flexibility index (Phi) is 6.35. The van der Waals surface area contributed by atoms with Gasteiger partial charge in [0.05, 0.1) is 5.41 Å². The van der Waals surface area contributed by atoms with Crippen LogP contribution in [0, 0.1) is 16.7 Å². The molecular weight excluding hydrogens is 376 g/mol. The molecule has 0 aliphatic heterocycles. The molecule has 1 aliphatic carbocycles. The predicted octanol–water partition coefficient (Wildman–Crippen LogP) is 2.28. The Hall–Kier alpha value is -2.90. The Labute approximate surface area is 169 Å². The van der Waals surface area contributed by atoms with Gasteiger partial charge in [0.2, 0.25) is 11.8 Å². The molecule has 3 atom stereocenters. The molecule has 8 nitrogen and oxygen atoms in total. The van der Waals surface area contributed by atoms with Crippen LogP contribution in [0.3, 0.4) is 0 Å². The zero-order chi connectivity index (χ0) is 22.0. The highest BCUT2D eigenvalue weighted by molar-refractivity contribution is 5.89. The highest BCUT2D eigenvalue weighted by Crippen LogP contribution is 2.56. The number of carboxylic acid groups (broad SMARTS) is 2. The van der Waals surface area contributed by atoms with Crippen LogP contribution in [0.5, 0.6) is 0 Å². The lowest BCUT2D eigenvalue weighted by molar-refractivity contribution is -0.155. The number of nitrogens with one attached hydrogen (secondary N) is 2. The lowest BCUT2D eigenvalue weighted by Crippen LogP contribution is -2.49. The second kappa shape index (κ2) is 8.23. The van der Waals surface area contributed by atoms with Crippen molar-refractivity contribution in [2.45, 2.75) is 53.0 Å². The van der Waals surface area contributed by atoms with Crippen molar-refractivity contribution in [1.29, 1.82) is 0 Å². The van der Waals surface area contributed by atoms with Gasteiger partial charge in [-0.2, -0.15) is 0 Å². The van der Waals surface area contributed by atoms with Gasteiger partial charge >= 0.3 is 11.9 Å². The van der Waals surface area contributed by atoms with Crippen molar-refractivity contribution in [3.8, 4) is 0 Å². The maximum atomic E-state index is 12.8. The summed E-state index contributed by atoms with van der Waals surface area (Å²) in [6.45, 7) is 6.52. The highest BCUT2D eigenvalue weighted by Gasteiger charge is 2.58. The van der Waals surface area contributed by atoms with Crippen LogP contribution in [0.25, 0.3) is 0 Å². The molecule has 0 bridgehead atoms. The fraction of sp³-hybridized carbons (Fsp3) is 0.524. The van der Waals surface area contributed by atoms with E-state index in [9.17, 15) is 29.4 Å². The molecule has 4 N–H and O–H groups in total. The number of benzene rings is 1. The van der Waals surface area contributed by atoms with E-state index in [1.165, 1.54) is 6.92 Å². The number of amides is 2. The van der Waals surface area contributed by atoms with Gasteiger partial charge in [-0.15, -0.1) is 0 Å². The minimum absolute atomic E-state index is 0.0742. The van der Waals surface area contributed by atoms with E-state index in [2.05, 4.69) is 10.6 Å². The number of anilines is 1. The van der Waals surface area contributed by atoms with Gasteiger partial charge in [0.1, 0.15) is 6.04 Å². The molecule has 0 heterocycles. The maximum Gasteiger partial charge on any atom is 0.326 e. The first kappa shape index (κ1) is 22.4. The number of carboxylic acids is 2. The third-order valence-electron chi connectivity index (χ3n) is 6.34. The molecule has 1 fully saturated rings. The molecule has 0 saturated heterocycles. The van der Waals surface area contributed by atoms with Crippen LogP contribution >= 0.6 is 0 Å². The Bertz CT molecular complexity index is 817. The standard InChI is InChI=1S/C21H28N2O6/c1-12(24)22-14-7-5-13(6-8-14)11-16(18(26)27)23-17(25)15-9-10-21(4,19(28)29)20(15,2)3/h5-8,15-16H,9-11H2,1-4H3,(H,22,24)(H,23,25)(H,26,27)(H,28,29)/t15?,16-,21?/m0/s1. The Balaban J connectivity index is 2.11. The van der Waals surface area contributed by atoms with E-state index in [1.807, 2.05) is 0 Å². The molecule has 0 radical (unpaired) electrons. The third-order valence-corrected chi connectivity index (χ3v) is 6.34. The normalized spacial score (nSPS) is 23.8. The van der Waals surface area contributed by atoms with E-state index in [1.54, 1.807) is 45.0 Å². The average molecular weight is 404 g/mol. The summed E-state index contributed by atoms with van der Waals surface area (Å²) in [5.74, 6) is -3.36. The summed E-state index contributed by atoms with van der Waals surface area (Å²) in [7, 11) is 0. The van der Waals surface area contributed by atoms with Crippen molar-refractivity contribution in [2.75, 3.05) is 5.32 Å². The van der Waals surface area contributed by atoms with Crippen molar-refractivity contribution in [3.63, 3.8) is 0 Å². The Morgan fingerprint density at radius 2 is 1.69 bits per heavy atom. The lowest BCUT2D eigenvalue weighted by Gasteiger charge is -2.38. The second-order valence-corrected chi connectivity index (χ2v) is 8.43. The smallest absolute Gasteiger partial charge is 0.326 e. The van der Waals surface area contributed by atoms with Gasteiger partial charge in [-0.1, -0.05) is 26.0 Å². The largest absolute Gasteiger partial charge is 0.481 e. The van der Waals surface area contributed by atoms with E-state index in [0.29, 0.717) is 24.1 Å². The van der Waals surface area contributed by atoms with Crippen LogP contribution in [0.1, 0.15) is 46.1 Å². The predicted molar refractivity (Wildman–Crippen MR) is 106 cm³/mol. The van der Waals surface area contributed by atoms with Crippen LogP contribution in [0.4, 0.5) is 5.69 Å². The fourth-order valence-corrected chi connectivity index (χ4v) is 3.98. The molecule has 1 aromatic rings. The highest BCUT2D eigenvalue weighted by atomic mass is 16.4. The SMILES string of the molecule is CC(=O)Nc1ccc(C[C@H](NC(=O)C2CCC(C)(C(=O)O)C2(C)C)C(=O)O)cc1. The topological polar surface area (TPSA) is 133 Å². The van der Waals surface area contributed by atoms with Gasteiger partial charge < -0.3 is 20.8 Å². The van der Waals surface area contributed by atoms with E-state index in [4.69, 9.17) is 0 Å². The van der Waals surface area contributed by atoms with Gasteiger partial charge in [0.25, 0.3) is 0 Å². The molecule has 8 heteroatoms. The van der Waals surface area contributed by atoms with Crippen molar-refractivity contribution in [2.24, 2.45) is 16.7 Å². The van der Waals surface area contributed by atoms with Crippen molar-refractivity contribution in [1.82, 2.24) is 5.32 Å². The zero-order valence-corrected chi connectivity index (χ0v) is 17.1. The number of hydrogen-bond acceptors (Lipinski definition) is 4. The fourth-order valence-electron chi connectivity index (χ4n) is 3.98. The first-order valence-corrected chi connectivity index (χ1v) is 9.51. The molecule has 2 amide bonds. The van der Waals surface area contributed by atoms with Gasteiger partial charge in [0, 0.05) is 24.9 Å². The Morgan fingerprint density at radius 1 is 1.10 bits per heavy atom. The number of rotatable bonds is 7. The first-order valence-electron chi connectivity index (χ1n) is 9.51. The van der Waals surface area contributed by atoms with Crippen LogP contribution in [-0.2, 0) is 25.6 Å². The molecule has 1 saturated carbocycles. The van der Waals surface area contributed by atoms with Gasteiger partial charge in [0.15, 0.2) is 0 Å². The van der Waals surface area contributed by atoms with E-state index >= 15 is 0 Å². The molecular formula is C21H28N2O6. The summed E-state index contributed by atoms with van der Waals surface area (Å²) in [6, 6.07) is 5.57. The van der Waals surface area contributed by atoms with Crippen LogP contribution < -0.4 is 10.6 Å². The Morgan fingerprint density at radius 3 is 2.14 bits per heavy atom. The average Bonchev–Trinajstić information content (AvgIpc) is 2.86. The molecule has 0 spiro atoms. The van der Waals surface area contributed by atoms with Crippen LogP contribution in [0.15, 0.2) is 24.3 Å². The van der Waals surface area contributed by atoms with Crippen molar-refractivity contribution < 1.29 is 29.4 Å². The number of carbonyl (C=O) groups excluding carboxylic acids is 2. The van der Waals surface area contributed by atoms with Gasteiger partial charge in [-0.3, -0.25) is 14.4 Å². The summed E-state index contributed by atoms with van der Waals surface area (Å²) in [4.78, 5) is 47.3. The number of aliphatic carboxylic acids is 2. The lowest BCUT2D eigenvalue weighted by atomic mass is 9.65. The molecule has 2 unspecified atom stereocenters. The minimum atomic E-state index is -1.17. The van der Waals surface area contributed by atoms with E-state index < -0.39 is 40.6 Å². The van der Waals surface area contributed by atoms with Crippen molar-refractivity contribution >= 4 is 29.4 Å². The molecule has 1 aromatic carbocycles. The van der Waals surface area contributed by atoms with Crippen LogP contribution in [0.2, 0.25) is 0 Å². The second-order valence-electron chi connectivity index (χ2n) is 8.43. The molecule has 2 rings (SSSR count). The molecule has 1 aliphatic rings. The third kappa shape index (κ3) is 4.58. The number of carbonyl (C=O) groups is 4. The van der Waals surface area contributed by atoms with Gasteiger partial charge in [-0.25, -0.2) is 4.79 Å². The van der Waals surface area contributed by atoms with Gasteiger partial charge in [-0.05, 0) is 42.9 Å². The minimum Gasteiger partial charge on any atom is -0.481 e. The summed E-state index contributed by atoms with van der Waals surface area (Å²) in [5.41, 5.74) is -0.579. The number of hydrogen-bond donors (Lipinski definition) is 4.